The fourth-order valence-corrected chi connectivity index (χ4v) is 3.80. The SMILES string of the molecule is CN1CC(=O)N(CC(=O)N[C@@H]2COC[C@H]2Cc2ccnc3ccccc23)C1=O. The summed E-state index contributed by atoms with van der Waals surface area (Å²) in [6.45, 7) is 0.715. The van der Waals surface area contributed by atoms with Gasteiger partial charge in [0, 0.05) is 24.5 Å². The Hall–Kier alpha value is -3.00. The van der Waals surface area contributed by atoms with Gasteiger partial charge in [-0.25, -0.2) is 4.79 Å². The molecule has 2 aliphatic heterocycles. The second-order valence-corrected chi connectivity index (χ2v) is 7.28. The van der Waals surface area contributed by atoms with Gasteiger partial charge in [-0.05, 0) is 24.1 Å². The first-order chi connectivity index (χ1) is 13.5. The van der Waals surface area contributed by atoms with Gasteiger partial charge in [0.15, 0.2) is 0 Å². The summed E-state index contributed by atoms with van der Waals surface area (Å²) in [5.41, 5.74) is 2.10. The number of ether oxygens (including phenoxy) is 1. The lowest BCUT2D eigenvalue weighted by atomic mass is 9.93. The number of likely N-dealkylation sites (N-methyl/N-ethyl adjacent to an activating group) is 1. The molecule has 2 atom stereocenters. The third-order valence-electron chi connectivity index (χ3n) is 5.30. The Morgan fingerprint density at radius 1 is 1.25 bits per heavy atom. The fourth-order valence-electron chi connectivity index (χ4n) is 3.80. The predicted octanol–water partition coefficient (Wildman–Crippen LogP) is 0.803. The molecule has 8 heteroatoms. The van der Waals surface area contributed by atoms with Crippen LogP contribution < -0.4 is 5.32 Å². The first-order valence-corrected chi connectivity index (χ1v) is 9.28. The number of para-hydroxylation sites is 1. The minimum atomic E-state index is -0.442. The molecule has 0 bridgehead atoms. The molecule has 4 amide bonds. The number of hydrogen-bond donors (Lipinski definition) is 1. The van der Waals surface area contributed by atoms with Gasteiger partial charge >= 0.3 is 6.03 Å². The van der Waals surface area contributed by atoms with Crippen LogP contribution in [0.1, 0.15) is 5.56 Å². The van der Waals surface area contributed by atoms with E-state index in [2.05, 4.69) is 10.3 Å². The molecule has 1 N–H and O–H groups in total. The highest BCUT2D eigenvalue weighted by molar-refractivity contribution is 6.04. The molecular formula is C20H22N4O4. The van der Waals surface area contributed by atoms with Gasteiger partial charge < -0.3 is 15.0 Å². The van der Waals surface area contributed by atoms with Gasteiger partial charge in [-0.15, -0.1) is 0 Å². The van der Waals surface area contributed by atoms with Crippen LogP contribution in [0.3, 0.4) is 0 Å². The van der Waals surface area contributed by atoms with E-state index in [0.29, 0.717) is 13.2 Å². The monoisotopic (exact) mass is 382 g/mol. The van der Waals surface area contributed by atoms with Gasteiger partial charge in [0.2, 0.25) is 5.91 Å². The topological polar surface area (TPSA) is 91.8 Å². The summed E-state index contributed by atoms with van der Waals surface area (Å²) in [5.74, 6) is -0.593. The number of pyridine rings is 1. The number of hydrogen-bond acceptors (Lipinski definition) is 5. The van der Waals surface area contributed by atoms with Crippen LogP contribution in [0.25, 0.3) is 10.9 Å². The molecule has 3 heterocycles. The molecule has 1 aromatic heterocycles. The molecule has 0 aliphatic carbocycles. The number of rotatable bonds is 5. The van der Waals surface area contributed by atoms with E-state index in [-0.39, 0.29) is 36.9 Å². The van der Waals surface area contributed by atoms with Gasteiger partial charge in [0.1, 0.15) is 13.1 Å². The molecule has 2 fully saturated rings. The lowest BCUT2D eigenvalue weighted by molar-refractivity contribution is -0.131. The molecule has 4 rings (SSSR count). The molecule has 0 spiro atoms. The maximum absolute atomic E-state index is 12.4. The standard InChI is InChI=1S/C20H22N4O4/c1-23-10-19(26)24(20(23)27)9-18(25)22-17-12-28-11-14(17)8-13-6-7-21-16-5-3-2-4-15(13)16/h2-7,14,17H,8-12H2,1H3,(H,22,25)/t14-,17-/m1/s1. The third-order valence-corrected chi connectivity index (χ3v) is 5.30. The maximum Gasteiger partial charge on any atom is 0.327 e. The number of carbonyl (C=O) groups excluding carboxylic acids is 3. The quantitative estimate of drug-likeness (QED) is 0.773. The molecule has 28 heavy (non-hydrogen) atoms. The average Bonchev–Trinajstić information content (AvgIpc) is 3.21. The number of aromatic nitrogens is 1. The summed E-state index contributed by atoms with van der Waals surface area (Å²) in [6, 6.07) is 9.36. The fraction of sp³-hybridized carbons (Fsp3) is 0.400. The first-order valence-electron chi connectivity index (χ1n) is 9.28. The zero-order valence-electron chi connectivity index (χ0n) is 15.6. The van der Waals surface area contributed by atoms with Crippen LogP contribution >= 0.6 is 0 Å². The second-order valence-electron chi connectivity index (χ2n) is 7.28. The Bertz CT molecular complexity index is 926. The zero-order valence-corrected chi connectivity index (χ0v) is 15.6. The van der Waals surface area contributed by atoms with E-state index in [9.17, 15) is 14.4 Å². The van der Waals surface area contributed by atoms with E-state index in [0.717, 1.165) is 27.8 Å². The average molecular weight is 382 g/mol. The number of nitrogens with zero attached hydrogens (tertiary/aromatic N) is 3. The van der Waals surface area contributed by atoms with Gasteiger partial charge in [0.25, 0.3) is 5.91 Å². The second kappa shape index (κ2) is 7.55. The lowest BCUT2D eigenvalue weighted by Crippen LogP contribution is -2.47. The van der Waals surface area contributed by atoms with Crippen molar-refractivity contribution in [2.24, 2.45) is 5.92 Å². The molecule has 2 saturated heterocycles. The van der Waals surface area contributed by atoms with Gasteiger partial charge in [-0.3, -0.25) is 19.5 Å². The Morgan fingerprint density at radius 3 is 2.86 bits per heavy atom. The van der Waals surface area contributed by atoms with Crippen molar-refractivity contribution >= 4 is 28.7 Å². The van der Waals surface area contributed by atoms with E-state index in [1.165, 1.54) is 11.9 Å². The van der Waals surface area contributed by atoms with Crippen LogP contribution in [0.2, 0.25) is 0 Å². The third kappa shape index (κ3) is 3.55. The molecule has 1 aromatic carbocycles. The van der Waals surface area contributed by atoms with Gasteiger partial charge in [0.05, 0.1) is 24.8 Å². The Labute approximate surface area is 162 Å². The van der Waals surface area contributed by atoms with Crippen LogP contribution in [-0.2, 0) is 20.7 Å². The van der Waals surface area contributed by atoms with Crippen molar-refractivity contribution in [1.29, 1.82) is 0 Å². The number of imide groups is 1. The van der Waals surface area contributed by atoms with Crippen molar-refractivity contribution in [3.05, 3.63) is 42.1 Å². The largest absolute Gasteiger partial charge is 0.379 e. The minimum absolute atomic E-state index is 0.0103. The summed E-state index contributed by atoms with van der Waals surface area (Å²) in [4.78, 5) is 42.9. The van der Waals surface area contributed by atoms with Crippen molar-refractivity contribution in [2.45, 2.75) is 12.5 Å². The first kappa shape index (κ1) is 18.4. The van der Waals surface area contributed by atoms with E-state index < -0.39 is 6.03 Å². The summed E-state index contributed by atoms with van der Waals surface area (Å²) in [5, 5.41) is 4.03. The highest BCUT2D eigenvalue weighted by Crippen LogP contribution is 2.24. The van der Waals surface area contributed by atoms with E-state index in [1.807, 2.05) is 30.3 Å². The summed E-state index contributed by atoms with van der Waals surface area (Å²) >= 11 is 0. The van der Waals surface area contributed by atoms with E-state index >= 15 is 0 Å². The van der Waals surface area contributed by atoms with Crippen molar-refractivity contribution in [1.82, 2.24) is 20.1 Å². The molecule has 0 saturated carbocycles. The normalized spacial score (nSPS) is 22.3. The van der Waals surface area contributed by atoms with Gasteiger partial charge in [-0.2, -0.15) is 0 Å². The molecule has 2 aliphatic rings. The lowest BCUT2D eigenvalue weighted by Gasteiger charge is -2.21. The number of amides is 4. The minimum Gasteiger partial charge on any atom is -0.379 e. The summed E-state index contributed by atoms with van der Waals surface area (Å²) in [6.07, 6.45) is 2.54. The van der Waals surface area contributed by atoms with Crippen molar-refractivity contribution in [2.75, 3.05) is 33.4 Å². The highest BCUT2D eigenvalue weighted by Gasteiger charge is 2.36. The summed E-state index contributed by atoms with van der Waals surface area (Å²) in [7, 11) is 1.54. The van der Waals surface area contributed by atoms with Crippen LogP contribution in [-0.4, -0.2) is 72.0 Å². The zero-order chi connectivity index (χ0) is 19.7. The Balaban J connectivity index is 1.42. The van der Waals surface area contributed by atoms with Crippen LogP contribution in [0.4, 0.5) is 4.79 Å². The molecular weight excluding hydrogens is 360 g/mol. The van der Waals surface area contributed by atoms with Gasteiger partial charge in [-0.1, -0.05) is 18.2 Å². The molecule has 0 radical (unpaired) electrons. The van der Waals surface area contributed by atoms with Crippen molar-refractivity contribution in [3.63, 3.8) is 0 Å². The molecule has 2 aromatic rings. The van der Waals surface area contributed by atoms with E-state index in [1.54, 1.807) is 6.20 Å². The van der Waals surface area contributed by atoms with Crippen LogP contribution in [0, 0.1) is 5.92 Å². The Morgan fingerprint density at radius 2 is 2.07 bits per heavy atom. The van der Waals surface area contributed by atoms with E-state index in [4.69, 9.17) is 4.74 Å². The van der Waals surface area contributed by atoms with Crippen LogP contribution in [0.15, 0.2) is 36.5 Å². The number of fused-ring (bicyclic) bond motifs is 1. The number of benzene rings is 1. The number of urea groups is 1. The molecule has 146 valence electrons. The van der Waals surface area contributed by atoms with Crippen LogP contribution in [0.5, 0.6) is 0 Å². The van der Waals surface area contributed by atoms with Crippen molar-refractivity contribution in [3.8, 4) is 0 Å². The predicted molar refractivity (Wildman–Crippen MR) is 101 cm³/mol. The maximum atomic E-state index is 12.4. The smallest absolute Gasteiger partial charge is 0.327 e. The Kier molecular flexibility index (Phi) is 4.95. The van der Waals surface area contributed by atoms with Crippen molar-refractivity contribution < 1.29 is 19.1 Å². The summed E-state index contributed by atoms with van der Waals surface area (Å²) < 4.78 is 5.60. The number of nitrogens with one attached hydrogen (secondary N) is 1. The highest BCUT2D eigenvalue weighted by atomic mass is 16.5. The number of carbonyl (C=O) groups is 3. The molecule has 0 unspecified atom stereocenters. The molecule has 8 nitrogen and oxygen atoms in total.